The predicted molar refractivity (Wildman–Crippen MR) is 42.4 cm³/mol. The molecule has 1 nitrogen and oxygen atoms in total. The second-order valence-corrected chi connectivity index (χ2v) is 2.91. The van der Waals surface area contributed by atoms with Gasteiger partial charge in [0.2, 0.25) is 0 Å². The molecule has 0 aliphatic rings. The molecule has 0 heterocycles. The molecule has 12 heavy (non-hydrogen) atoms. The van der Waals surface area contributed by atoms with Crippen molar-refractivity contribution < 1.29 is 13.9 Å². The smallest absolute Gasteiger partial charge is 0.274 e. The van der Waals surface area contributed by atoms with Gasteiger partial charge in [0.05, 0.1) is 5.56 Å². The molecule has 0 aliphatic heterocycles. The lowest BCUT2D eigenvalue weighted by atomic mass is 10.1. The van der Waals surface area contributed by atoms with E-state index in [1.807, 2.05) is 0 Å². The quantitative estimate of drug-likeness (QED) is 0.690. The van der Waals surface area contributed by atoms with Crippen LogP contribution in [0.15, 0.2) is 18.2 Å². The monoisotopic (exact) mass is 172 g/mol. The van der Waals surface area contributed by atoms with Crippen molar-refractivity contribution in [1.29, 1.82) is 0 Å². The summed E-state index contributed by atoms with van der Waals surface area (Å²) >= 11 is 0. The van der Waals surface area contributed by atoms with Crippen molar-refractivity contribution in [3.05, 3.63) is 29.3 Å². The Morgan fingerprint density at radius 1 is 1.33 bits per heavy atom. The van der Waals surface area contributed by atoms with Gasteiger partial charge in [-0.3, -0.25) is 0 Å². The summed E-state index contributed by atoms with van der Waals surface area (Å²) in [6.07, 6.45) is 0. The number of aryl methyl sites for hydroxylation is 1. The van der Waals surface area contributed by atoms with Gasteiger partial charge in [0.25, 0.3) is 5.92 Å². The van der Waals surface area contributed by atoms with E-state index in [0.717, 1.165) is 12.5 Å². The van der Waals surface area contributed by atoms with Crippen LogP contribution in [0.2, 0.25) is 0 Å². The summed E-state index contributed by atoms with van der Waals surface area (Å²) in [7, 11) is 0. The maximum Gasteiger partial charge on any atom is 0.274 e. The standard InChI is InChI=1S/C9H10F2O/c1-6-3-4-7(8(12)5-6)9(2,10)11/h3-5,12H,1-2H3. The van der Waals surface area contributed by atoms with Crippen molar-refractivity contribution in [2.45, 2.75) is 19.8 Å². The van der Waals surface area contributed by atoms with E-state index < -0.39 is 5.92 Å². The maximum absolute atomic E-state index is 12.7. The number of hydrogen-bond acceptors (Lipinski definition) is 1. The van der Waals surface area contributed by atoms with Gasteiger partial charge in [-0.25, -0.2) is 8.78 Å². The van der Waals surface area contributed by atoms with E-state index in [-0.39, 0.29) is 11.3 Å². The molecule has 1 N–H and O–H groups in total. The molecule has 1 rings (SSSR count). The number of alkyl halides is 2. The van der Waals surface area contributed by atoms with Crippen molar-refractivity contribution in [1.82, 2.24) is 0 Å². The Balaban J connectivity index is 3.19. The fraction of sp³-hybridized carbons (Fsp3) is 0.333. The van der Waals surface area contributed by atoms with Crippen LogP contribution in [0.4, 0.5) is 8.78 Å². The van der Waals surface area contributed by atoms with Crippen LogP contribution in [0.3, 0.4) is 0 Å². The fourth-order valence-electron chi connectivity index (χ4n) is 1.01. The van der Waals surface area contributed by atoms with Gasteiger partial charge in [-0.15, -0.1) is 0 Å². The zero-order valence-electron chi connectivity index (χ0n) is 6.94. The molecule has 3 heteroatoms. The molecular formula is C9H10F2O. The molecule has 0 radical (unpaired) electrons. The lowest BCUT2D eigenvalue weighted by molar-refractivity contribution is 0.0151. The van der Waals surface area contributed by atoms with Crippen molar-refractivity contribution in [3.63, 3.8) is 0 Å². The normalized spacial score (nSPS) is 11.7. The lowest BCUT2D eigenvalue weighted by Crippen LogP contribution is -2.06. The van der Waals surface area contributed by atoms with Gasteiger partial charge in [0, 0.05) is 6.92 Å². The van der Waals surface area contributed by atoms with Crippen LogP contribution in [0, 0.1) is 6.92 Å². The van der Waals surface area contributed by atoms with Crippen molar-refractivity contribution >= 4 is 0 Å². The number of phenolic OH excluding ortho intramolecular Hbond substituents is 1. The summed E-state index contributed by atoms with van der Waals surface area (Å²) in [5, 5.41) is 9.15. The lowest BCUT2D eigenvalue weighted by Gasteiger charge is -2.12. The molecule has 0 aromatic heterocycles. The van der Waals surface area contributed by atoms with Gasteiger partial charge in [-0.1, -0.05) is 6.07 Å². The number of rotatable bonds is 1. The molecule has 0 fully saturated rings. The summed E-state index contributed by atoms with van der Waals surface area (Å²) in [6, 6.07) is 4.11. The van der Waals surface area contributed by atoms with Crippen LogP contribution in [0.25, 0.3) is 0 Å². The highest BCUT2D eigenvalue weighted by Gasteiger charge is 2.27. The summed E-state index contributed by atoms with van der Waals surface area (Å²) in [5.41, 5.74) is 0.439. The van der Waals surface area contributed by atoms with E-state index in [1.165, 1.54) is 12.1 Å². The van der Waals surface area contributed by atoms with Gasteiger partial charge in [0.15, 0.2) is 0 Å². The minimum Gasteiger partial charge on any atom is -0.507 e. The SMILES string of the molecule is Cc1ccc(C(C)(F)F)c(O)c1. The molecule has 0 aliphatic carbocycles. The third-order valence-electron chi connectivity index (χ3n) is 1.63. The Bertz CT molecular complexity index is 289. The average Bonchev–Trinajstić information content (AvgIpc) is 1.83. The molecular weight excluding hydrogens is 162 g/mol. The van der Waals surface area contributed by atoms with Gasteiger partial charge >= 0.3 is 0 Å². The summed E-state index contributed by atoms with van der Waals surface area (Å²) in [6.45, 7) is 2.49. The van der Waals surface area contributed by atoms with Crippen LogP contribution in [-0.2, 0) is 5.92 Å². The van der Waals surface area contributed by atoms with E-state index in [9.17, 15) is 8.78 Å². The number of hydrogen-bond donors (Lipinski definition) is 1. The van der Waals surface area contributed by atoms with Crippen LogP contribution in [0.1, 0.15) is 18.1 Å². The predicted octanol–water partition coefficient (Wildman–Crippen LogP) is 2.81. The van der Waals surface area contributed by atoms with Crippen molar-refractivity contribution in [2.24, 2.45) is 0 Å². The van der Waals surface area contributed by atoms with Crippen molar-refractivity contribution in [3.8, 4) is 5.75 Å². The molecule has 0 unspecified atom stereocenters. The molecule has 0 spiro atoms. The van der Waals surface area contributed by atoms with Crippen LogP contribution in [-0.4, -0.2) is 5.11 Å². The van der Waals surface area contributed by atoms with Gasteiger partial charge < -0.3 is 5.11 Å². The summed E-state index contributed by atoms with van der Waals surface area (Å²) in [5.74, 6) is -3.32. The van der Waals surface area contributed by atoms with E-state index in [2.05, 4.69) is 0 Å². The first-order valence-corrected chi connectivity index (χ1v) is 3.59. The molecule has 0 saturated heterocycles. The fourth-order valence-corrected chi connectivity index (χ4v) is 1.01. The highest BCUT2D eigenvalue weighted by Crippen LogP contribution is 2.33. The second kappa shape index (κ2) is 2.73. The third kappa shape index (κ3) is 1.72. The molecule has 0 bridgehead atoms. The van der Waals surface area contributed by atoms with E-state index >= 15 is 0 Å². The second-order valence-electron chi connectivity index (χ2n) is 2.91. The first kappa shape index (κ1) is 8.97. The maximum atomic E-state index is 12.7. The van der Waals surface area contributed by atoms with Crippen LogP contribution in [0.5, 0.6) is 5.75 Å². The zero-order chi connectivity index (χ0) is 9.35. The summed E-state index contributed by atoms with van der Waals surface area (Å²) < 4.78 is 25.4. The average molecular weight is 172 g/mol. The first-order chi connectivity index (χ1) is 5.41. The van der Waals surface area contributed by atoms with Crippen molar-refractivity contribution in [2.75, 3.05) is 0 Å². The Labute approximate surface area is 69.7 Å². The highest BCUT2D eigenvalue weighted by molar-refractivity contribution is 5.38. The molecule has 1 aromatic rings. The largest absolute Gasteiger partial charge is 0.507 e. The first-order valence-electron chi connectivity index (χ1n) is 3.59. The highest BCUT2D eigenvalue weighted by atomic mass is 19.3. The van der Waals surface area contributed by atoms with Gasteiger partial charge in [-0.2, -0.15) is 0 Å². The number of aromatic hydroxyl groups is 1. The number of halogens is 2. The topological polar surface area (TPSA) is 20.2 Å². The van der Waals surface area contributed by atoms with Crippen LogP contribution < -0.4 is 0 Å². The zero-order valence-corrected chi connectivity index (χ0v) is 6.94. The molecule has 66 valence electrons. The molecule has 0 saturated carbocycles. The van der Waals surface area contributed by atoms with Gasteiger partial charge in [-0.05, 0) is 24.6 Å². The molecule has 0 atom stereocenters. The Hall–Kier alpha value is -1.12. The molecule has 0 amide bonds. The third-order valence-corrected chi connectivity index (χ3v) is 1.63. The number of benzene rings is 1. The van der Waals surface area contributed by atoms with E-state index in [0.29, 0.717) is 0 Å². The molecule has 1 aromatic carbocycles. The van der Waals surface area contributed by atoms with Gasteiger partial charge in [0.1, 0.15) is 5.75 Å². The Kier molecular flexibility index (Phi) is 2.04. The minimum absolute atomic E-state index is 0.326. The Morgan fingerprint density at radius 3 is 2.33 bits per heavy atom. The van der Waals surface area contributed by atoms with Crippen LogP contribution >= 0.6 is 0 Å². The Morgan fingerprint density at radius 2 is 1.92 bits per heavy atom. The van der Waals surface area contributed by atoms with E-state index in [1.54, 1.807) is 13.0 Å². The number of phenols is 1. The van der Waals surface area contributed by atoms with E-state index in [4.69, 9.17) is 5.11 Å². The minimum atomic E-state index is -2.97. The summed E-state index contributed by atoms with van der Waals surface area (Å²) in [4.78, 5) is 0.